The van der Waals surface area contributed by atoms with Crippen molar-refractivity contribution < 1.29 is 13.2 Å². The molecule has 1 N–H and O–H groups in total. The number of rotatable bonds is 6. The zero-order valence-corrected chi connectivity index (χ0v) is 19.9. The Morgan fingerprint density at radius 2 is 1.80 bits per heavy atom. The van der Waals surface area contributed by atoms with Crippen molar-refractivity contribution in [1.29, 1.82) is 0 Å². The summed E-state index contributed by atoms with van der Waals surface area (Å²) in [7, 11) is 4.01. The molecule has 0 saturated carbocycles. The molecule has 3 aromatic rings. The summed E-state index contributed by atoms with van der Waals surface area (Å²) in [6.07, 6.45) is -3.56. The van der Waals surface area contributed by atoms with E-state index < -0.39 is 11.7 Å². The Balaban J connectivity index is 2.11. The number of hydrogen-bond donors (Lipinski definition) is 1. The molecule has 0 spiro atoms. The van der Waals surface area contributed by atoms with Crippen LogP contribution in [-0.2, 0) is 6.18 Å². The van der Waals surface area contributed by atoms with Gasteiger partial charge in [0.05, 0.1) is 11.1 Å². The quantitative estimate of drug-likeness (QED) is 0.358. The minimum atomic E-state index is -4.46. The van der Waals surface area contributed by atoms with Crippen LogP contribution < -0.4 is 5.32 Å². The number of aromatic nitrogens is 2. The number of aryl methyl sites for hydroxylation is 1. The molecule has 0 atom stereocenters. The van der Waals surface area contributed by atoms with Crippen LogP contribution >= 0.6 is 31.9 Å². The van der Waals surface area contributed by atoms with Gasteiger partial charge in [0.15, 0.2) is 5.82 Å². The summed E-state index contributed by atoms with van der Waals surface area (Å²) in [6, 6.07) is 7.56. The lowest BCUT2D eigenvalue weighted by molar-refractivity contribution is -0.137. The van der Waals surface area contributed by atoms with Gasteiger partial charge in [0.25, 0.3) is 0 Å². The fraction of sp³-hybridized carbons (Fsp3) is 0.333. The molecule has 1 heterocycles. The predicted octanol–water partition coefficient (Wildman–Crippen LogP) is 6.51. The van der Waals surface area contributed by atoms with Gasteiger partial charge >= 0.3 is 6.18 Å². The molecule has 0 bridgehead atoms. The summed E-state index contributed by atoms with van der Waals surface area (Å²) in [5, 5.41) is 4.16. The van der Waals surface area contributed by atoms with Crippen molar-refractivity contribution in [1.82, 2.24) is 14.9 Å². The number of hydrogen-bond acceptors (Lipinski definition) is 4. The SMILES string of the molecule is Cc1c(Br)ccc2c(NCCCN(C)C)nc(-c3cc(Br)cc(C(F)(F)F)c3)nc12. The summed E-state index contributed by atoms with van der Waals surface area (Å²) < 4.78 is 41.1. The number of anilines is 1. The molecule has 9 heteroatoms. The first-order valence-corrected chi connectivity index (χ1v) is 10.9. The standard InChI is InChI=1S/C21H21Br2F3N4/c1-12-17(23)6-5-16-18(12)28-19(29-20(16)27-7-4-8-30(2)3)13-9-14(21(24,25)26)11-15(22)10-13/h5-6,9-11H,4,7-8H2,1-3H3,(H,27,28,29). The summed E-state index contributed by atoms with van der Waals surface area (Å²) in [5.74, 6) is 0.850. The second-order valence-corrected chi connectivity index (χ2v) is 9.04. The van der Waals surface area contributed by atoms with Crippen molar-refractivity contribution in [2.45, 2.75) is 19.5 Å². The van der Waals surface area contributed by atoms with E-state index in [1.54, 1.807) is 6.07 Å². The van der Waals surface area contributed by atoms with Crippen LogP contribution in [0.3, 0.4) is 0 Å². The lowest BCUT2D eigenvalue weighted by Gasteiger charge is -2.15. The molecule has 0 unspecified atom stereocenters. The van der Waals surface area contributed by atoms with E-state index in [4.69, 9.17) is 0 Å². The van der Waals surface area contributed by atoms with E-state index in [9.17, 15) is 13.2 Å². The van der Waals surface area contributed by atoms with E-state index in [1.807, 2.05) is 33.2 Å². The van der Waals surface area contributed by atoms with Crippen LogP contribution in [0.2, 0.25) is 0 Å². The van der Waals surface area contributed by atoms with Crippen molar-refractivity contribution in [3.05, 3.63) is 50.4 Å². The number of nitrogens with one attached hydrogen (secondary N) is 1. The van der Waals surface area contributed by atoms with Crippen LogP contribution in [0.4, 0.5) is 19.0 Å². The number of fused-ring (bicyclic) bond motifs is 1. The molecule has 1 aromatic heterocycles. The maximum Gasteiger partial charge on any atom is 0.416 e. The second-order valence-electron chi connectivity index (χ2n) is 7.27. The number of halogens is 5. The van der Waals surface area contributed by atoms with Crippen molar-refractivity contribution >= 4 is 48.6 Å². The van der Waals surface area contributed by atoms with Crippen LogP contribution in [0.25, 0.3) is 22.3 Å². The minimum Gasteiger partial charge on any atom is -0.369 e. The fourth-order valence-electron chi connectivity index (χ4n) is 3.06. The molecular formula is C21H21Br2F3N4. The first kappa shape index (κ1) is 23.0. The molecule has 3 rings (SSSR count). The van der Waals surface area contributed by atoms with Crippen molar-refractivity contribution in [2.75, 3.05) is 32.5 Å². The normalized spacial score (nSPS) is 12.0. The van der Waals surface area contributed by atoms with Crippen LogP contribution in [0.1, 0.15) is 17.5 Å². The molecule has 0 aliphatic carbocycles. The van der Waals surface area contributed by atoms with E-state index in [2.05, 4.69) is 52.0 Å². The summed E-state index contributed by atoms with van der Waals surface area (Å²) in [6.45, 7) is 3.51. The third-order valence-electron chi connectivity index (χ3n) is 4.61. The summed E-state index contributed by atoms with van der Waals surface area (Å²) in [5.41, 5.74) is 1.15. The monoisotopic (exact) mass is 544 g/mol. The minimum absolute atomic E-state index is 0.241. The lowest BCUT2D eigenvalue weighted by Crippen LogP contribution is -2.17. The highest BCUT2D eigenvalue weighted by Crippen LogP contribution is 2.36. The Bertz CT molecular complexity index is 1070. The second kappa shape index (κ2) is 9.20. The highest BCUT2D eigenvalue weighted by molar-refractivity contribution is 9.10. The average Bonchev–Trinajstić information content (AvgIpc) is 2.66. The van der Waals surface area contributed by atoms with E-state index in [0.717, 1.165) is 40.5 Å². The summed E-state index contributed by atoms with van der Waals surface area (Å²) in [4.78, 5) is 11.3. The first-order chi connectivity index (χ1) is 14.1. The van der Waals surface area contributed by atoms with Crippen molar-refractivity contribution in [3.8, 4) is 11.4 Å². The van der Waals surface area contributed by atoms with Gasteiger partial charge in [-0.1, -0.05) is 31.9 Å². The first-order valence-electron chi connectivity index (χ1n) is 9.30. The number of alkyl halides is 3. The van der Waals surface area contributed by atoms with Gasteiger partial charge in [-0.15, -0.1) is 0 Å². The van der Waals surface area contributed by atoms with E-state index in [0.29, 0.717) is 27.9 Å². The van der Waals surface area contributed by atoms with Crippen LogP contribution in [0.15, 0.2) is 39.3 Å². The Kier molecular flexibility index (Phi) is 7.04. The van der Waals surface area contributed by atoms with Gasteiger partial charge in [0.2, 0.25) is 0 Å². The molecular weight excluding hydrogens is 525 g/mol. The van der Waals surface area contributed by atoms with Crippen molar-refractivity contribution in [2.24, 2.45) is 0 Å². The Labute approximate surface area is 190 Å². The van der Waals surface area contributed by atoms with Crippen LogP contribution in [0.5, 0.6) is 0 Å². The van der Waals surface area contributed by atoms with Gasteiger partial charge in [-0.05, 0) is 69.9 Å². The smallest absolute Gasteiger partial charge is 0.369 e. The zero-order valence-electron chi connectivity index (χ0n) is 16.7. The maximum atomic E-state index is 13.3. The molecule has 0 saturated heterocycles. The zero-order chi connectivity index (χ0) is 22.1. The molecule has 160 valence electrons. The molecule has 4 nitrogen and oxygen atoms in total. The molecule has 0 aliphatic rings. The summed E-state index contributed by atoms with van der Waals surface area (Å²) >= 11 is 6.69. The van der Waals surface area contributed by atoms with Crippen LogP contribution in [-0.4, -0.2) is 42.1 Å². The number of benzene rings is 2. The van der Waals surface area contributed by atoms with E-state index >= 15 is 0 Å². The Hall–Kier alpha value is -1.71. The van der Waals surface area contributed by atoms with Gasteiger partial charge in [-0.2, -0.15) is 13.2 Å². The highest BCUT2D eigenvalue weighted by atomic mass is 79.9. The molecule has 0 fully saturated rings. The molecule has 0 radical (unpaired) electrons. The average molecular weight is 546 g/mol. The maximum absolute atomic E-state index is 13.3. The fourth-order valence-corrected chi connectivity index (χ4v) is 3.87. The number of nitrogens with zero attached hydrogens (tertiary/aromatic N) is 3. The van der Waals surface area contributed by atoms with Crippen LogP contribution in [0, 0.1) is 6.92 Å². The molecule has 0 aliphatic heterocycles. The molecule has 2 aromatic carbocycles. The Morgan fingerprint density at radius 1 is 1.07 bits per heavy atom. The van der Waals surface area contributed by atoms with E-state index in [-0.39, 0.29) is 5.82 Å². The van der Waals surface area contributed by atoms with Gasteiger partial charge in [0, 0.05) is 26.4 Å². The van der Waals surface area contributed by atoms with Crippen molar-refractivity contribution in [3.63, 3.8) is 0 Å². The Morgan fingerprint density at radius 3 is 2.47 bits per heavy atom. The highest BCUT2D eigenvalue weighted by Gasteiger charge is 2.31. The third-order valence-corrected chi connectivity index (χ3v) is 5.93. The van der Waals surface area contributed by atoms with E-state index in [1.165, 1.54) is 0 Å². The van der Waals surface area contributed by atoms with Gasteiger partial charge < -0.3 is 10.2 Å². The van der Waals surface area contributed by atoms with Gasteiger partial charge in [-0.25, -0.2) is 9.97 Å². The molecule has 0 amide bonds. The lowest BCUT2D eigenvalue weighted by atomic mass is 10.1. The third kappa shape index (κ3) is 5.31. The largest absolute Gasteiger partial charge is 0.416 e. The topological polar surface area (TPSA) is 41.0 Å². The molecule has 30 heavy (non-hydrogen) atoms. The predicted molar refractivity (Wildman–Crippen MR) is 122 cm³/mol. The van der Waals surface area contributed by atoms with Gasteiger partial charge in [0.1, 0.15) is 5.82 Å². The van der Waals surface area contributed by atoms with Gasteiger partial charge in [-0.3, -0.25) is 0 Å².